The summed E-state index contributed by atoms with van der Waals surface area (Å²) in [7, 11) is 0. The number of nitrogens with zero attached hydrogens (tertiary/aromatic N) is 6. The van der Waals surface area contributed by atoms with Crippen LogP contribution in [0.5, 0.6) is 0 Å². The first-order valence-corrected chi connectivity index (χ1v) is 12.1. The molecular weight excluding hydrogens is 424 g/mol. The Bertz CT molecular complexity index is 1200. The third kappa shape index (κ3) is 4.70. The summed E-state index contributed by atoms with van der Waals surface area (Å²) in [5.41, 5.74) is 5.91. The summed E-state index contributed by atoms with van der Waals surface area (Å²) >= 11 is 0. The van der Waals surface area contributed by atoms with Crippen molar-refractivity contribution in [3.63, 3.8) is 0 Å². The largest absolute Gasteiger partial charge is 0.370 e. The van der Waals surface area contributed by atoms with E-state index < -0.39 is 0 Å². The molecule has 34 heavy (non-hydrogen) atoms. The number of fused-ring (bicyclic) bond motifs is 1. The molecule has 2 aliphatic heterocycles. The average molecular weight is 457 g/mol. The van der Waals surface area contributed by atoms with E-state index >= 15 is 0 Å². The van der Waals surface area contributed by atoms with Gasteiger partial charge in [0.05, 0.1) is 30.0 Å². The molecule has 2 fully saturated rings. The third-order valence-corrected chi connectivity index (χ3v) is 6.70. The Morgan fingerprint density at radius 3 is 2.71 bits per heavy atom. The van der Waals surface area contributed by atoms with Crippen LogP contribution in [0.4, 0.5) is 11.4 Å². The Balaban J connectivity index is 1.32. The van der Waals surface area contributed by atoms with Gasteiger partial charge in [0.2, 0.25) is 0 Å². The van der Waals surface area contributed by atoms with E-state index in [1.54, 1.807) is 6.20 Å². The van der Waals surface area contributed by atoms with Gasteiger partial charge in [-0.1, -0.05) is 0 Å². The Morgan fingerprint density at radius 1 is 1.09 bits per heavy atom. The number of hydrogen-bond donors (Lipinski definition) is 0. The second kappa shape index (κ2) is 9.57. The Labute approximate surface area is 201 Å². The summed E-state index contributed by atoms with van der Waals surface area (Å²) in [5, 5.41) is 10.5. The molecule has 0 unspecified atom stereocenters. The molecule has 0 aliphatic carbocycles. The van der Waals surface area contributed by atoms with Crippen LogP contribution < -0.4 is 9.80 Å². The molecule has 3 aromatic rings. The summed E-state index contributed by atoms with van der Waals surface area (Å²) in [5.74, 6) is 0. The molecule has 2 atom stereocenters. The fourth-order valence-electron chi connectivity index (χ4n) is 5.38. The fraction of sp³-hybridized carbons (Fsp3) is 0.444. The maximum Gasteiger partial charge on any atom is 0.101 e. The molecule has 7 nitrogen and oxygen atoms in total. The highest BCUT2D eigenvalue weighted by molar-refractivity contribution is 5.95. The molecule has 7 heteroatoms. The number of pyridine rings is 2. The molecule has 0 saturated carbocycles. The van der Waals surface area contributed by atoms with E-state index in [-0.39, 0.29) is 12.2 Å². The van der Waals surface area contributed by atoms with Crippen LogP contribution in [0.25, 0.3) is 10.9 Å². The lowest BCUT2D eigenvalue weighted by Crippen LogP contribution is -2.54. The monoisotopic (exact) mass is 456 g/mol. The Kier molecular flexibility index (Phi) is 6.36. The summed E-state index contributed by atoms with van der Waals surface area (Å²) in [6.45, 7) is 11.9. The van der Waals surface area contributed by atoms with E-state index in [1.807, 2.05) is 12.1 Å². The van der Waals surface area contributed by atoms with Gasteiger partial charge in [-0.15, -0.1) is 0 Å². The van der Waals surface area contributed by atoms with Gasteiger partial charge in [-0.25, -0.2) is 0 Å². The van der Waals surface area contributed by atoms with Gasteiger partial charge >= 0.3 is 0 Å². The summed E-state index contributed by atoms with van der Waals surface area (Å²) < 4.78 is 6.40. The topological polar surface area (TPSA) is 68.5 Å². The van der Waals surface area contributed by atoms with Gasteiger partial charge in [-0.2, -0.15) is 5.26 Å². The zero-order valence-corrected chi connectivity index (χ0v) is 20.2. The molecule has 0 spiro atoms. The highest BCUT2D eigenvalue weighted by Crippen LogP contribution is 2.30. The number of aromatic nitrogens is 2. The number of hydrogen-bond acceptors (Lipinski definition) is 7. The molecule has 0 bridgehead atoms. The van der Waals surface area contributed by atoms with Gasteiger partial charge in [0.25, 0.3) is 0 Å². The number of ether oxygens (including phenoxy) is 1. The number of rotatable bonds is 4. The molecule has 176 valence electrons. The lowest BCUT2D eigenvalue weighted by molar-refractivity contribution is -0.0336. The van der Waals surface area contributed by atoms with Crippen molar-refractivity contribution in [1.82, 2.24) is 14.9 Å². The minimum Gasteiger partial charge on any atom is -0.370 e. The maximum atomic E-state index is 9.50. The van der Waals surface area contributed by atoms with Gasteiger partial charge in [0.15, 0.2) is 0 Å². The maximum absolute atomic E-state index is 9.50. The number of benzene rings is 1. The van der Waals surface area contributed by atoms with Crippen molar-refractivity contribution in [1.29, 1.82) is 5.26 Å². The van der Waals surface area contributed by atoms with Crippen molar-refractivity contribution in [3.8, 4) is 6.07 Å². The van der Waals surface area contributed by atoms with Crippen LogP contribution in [0, 0.1) is 25.2 Å². The first-order valence-electron chi connectivity index (χ1n) is 12.1. The molecule has 0 radical (unpaired) electrons. The Hall–Kier alpha value is -3.21. The molecule has 4 heterocycles. The molecule has 5 rings (SSSR count). The number of morpholine rings is 1. The van der Waals surface area contributed by atoms with E-state index in [2.05, 4.69) is 75.8 Å². The molecule has 2 aromatic heterocycles. The van der Waals surface area contributed by atoms with Crippen molar-refractivity contribution >= 4 is 22.3 Å². The summed E-state index contributed by atoms with van der Waals surface area (Å²) in [4.78, 5) is 16.4. The van der Waals surface area contributed by atoms with Gasteiger partial charge in [0, 0.05) is 67.1 Å². The van der Waals surface area contributed by atoms with Crippen LogP contribution in [0.3, 0.4) is 0 Å². The smallest absolute Gasteiger partial charge is 0.101 e. The Morgan fingerprint density at radius 2 is 1.91 bits per heavy atom. The van der Waals surface area contributed by atoms with Crippen LogP contribution in [0.2, 0.25) is 0 Å². The van der Waals surface area contributed by atoms with E-state index in [0.29, 0.717) is 5.56 Å². The third-order valence-electron chi connectivity index (χ3n) is 6.70. The second-order valence-electron chi connectivity index (χ2n) is 9.56. The molecule has 0 N–H and O–H groups in total. The number of nitriles is 1. The van der Waals surface area contributed by atoms with E-state index in [1.165, 1.54) is 5.69 Å². The predicted octanol–water partition coefficient (Wildman–Crippen LogP) is 3.88. The lowest BCUT2D eigenvalue weighted by Gasteiger charge is -2.43. The van der Waals surface area contributed by atoms with E-state index in [0.717, 1.165) is 73.8 Å². The highest BCUT2D eigenvalue weighted by atomic mass is 16.5. The van der Waals surface area contributed by atoms with Gasteiger partial charge in [0.1, 0.15) is 6.07 Å². The van der Waals surface area contributed by atoms with Crippen molar-refractivity contribution < 1.29 is 4.74 Å². The summed E-state index contributed by atoms with van der Waals surface area (Å²) in [6.07, 6.45) is 3.14. The first-order chi connectivity index (χ1) is 16.5. The van der Waals surface area contributed by atoms with Crippen LogP contribution >= 0.6 is 0 Å². The molecular formula is C27H32N6O. The quantitative estimate of drug-likeness (QED) is 0.590. The fourth-order valence-corrected chi connectivity index (χ4v) is 5.38. The van der Waals surface area contributed by atoms with E-state index in [9.17, 15) is 5.26 Å². The van der Waals surface area contributed by atoms with Gasteiger partial charge in [-0.05, 0) is 63.6 Å². The lowest BCUT2D eigenvalue weighted by atomic mass is 10.1. The van der Waals surface area contributed by atoms with Crippen molar-refractivity contribution in [2.24, 2.45) is 0 Å². The average Bonchev–Trinajstić information content (AvgIpc) is 2.82. The molecule has 2 saturated heterocycles. The number of anilines is 2. The van der Waals surface area contributed by atoms with Crippen molar-refractivity contribution in [3.05, 3.63) is 59.5 Å². The van der Waals surface area contributed by atoms with Crippen LogP contribution in [-0.4, -0.2) is 66.5 Å². The van der Waals surface area contributed by atoms with Crippen molar-refractivity contribution in [2.75, 3.05) is 49.2 Å². The highest BCUT2D eigenvalue weighted by Gasteiger charge is 2.29. The standard InChI is InChI=1S/C27H32N6O/c1-19-12-23(13-20(2)30-19)32-11-5-10-31(18-32)16-24-17-33(15-21(3)34-24)26-8-7-22(14-28)27-25(26)6-4-9-29-27/h4,6-9,12-13,21,24H,5,10-11,15-18H2,1-3H3/t21-,24+/m1/s1. The molecule has 1 aromatic carbocycles. The van der Waals surface area contributed by atoms with E-state index in [4.69, 9.17) is 4.74 Å². The molecule has 2 aliphatic rings. The predicted molar refractivity (Wildman–Crippen MR) is 135 cm³/mol. The minimum absolute atomic E-state index is 0.118. The summed E-state index contributed by atoms with van der Waals surface area (Å²) in [6, 6.07) is 14.6. The van der Waals surface area contributed by atoms with Crippen molar-refractivity contribution in [2.45, 2.75) is 39.4 Å². The zero-order valence-electron chi connectivity index (χ0n) is 20.2. The van der Waals surface area contributed by atoms with Gasteiger partial charge < -0.3 is 14.5 Å². The zero-order chi connectivity index (χ0) is 23.7. The van der Waals surface area contributed by atoms with Gasteiger partial charge in [-0.3, -0.25) is 14.9 Å². The SMILES string of the molecule is Cc1cc(N2CCCN(C[C@H]3CN(c4ccc(C#N)c5ncccc45)C[C@@H](C)O3)C2)cc(C)n1. The molecule has 0 amide bonds. The van der Waals surface area contributed by atoms with Crippen LogP contribution in [0.15, 0.2) is 42.6 Å². The normalized spacial score (nSPS) is 21.6. The minimum atomic E-state index is 0.118. The van der Waals surface area contributed by atoms with Crippen LogP contribution in [0.1, 0.15) is 30.3 Å². The van der Waals surface area contributed by atoms with Crippen LogP contribution in [-0.2, 0) is 4.74 Å². The second-order valence-corrected chi connectivity index (χ2v) is 9.56. The number of aryl methyl sites for hydroxylation is 2. The first kappa shape index (κ1) is 22.6.